The zero-order valence-electron chi connectivity index (χ0n) is 7.41. The fourth-order valence-corrected chi connectivity index (χ4v) is 1.31. The predicted molar refractivity (Wildman–Crippen MR) is 50.8 cm³/mol. The van der Waals surface area contributed by atoms with Crippen LogP contribution in [-0.2, 0) is 6.54 Å². The maximum Gasteiger partial charge on any atom is 0.417 e. The van der Waals surface area contributed by atoms with Crippen molar-refractivity contribution in [3.8, 4) is 0 Å². The van der Waals surface area contributed by atoms with E-state index in [1.807, 2.05) is 12.1 Å². The molecule has 2 aromatic rings. The third-order valence-corrected chi connectivity index (χ3v) is 1.92. The van der Waals surface area contributed by atoms with E-state index in [9.17, 15) is 4.79 Å². The van der Waals surface area contributed by atoms with Crippen LogP contribution in [-0.4, -0.2) is 16.8 Å². The number of H-pyrrole nitrogens is 1. The summed E-state index contributed by atoms with van der Waals surface area (Å²) in [5.41, 5.74) is 2.19. The van der Waals surface area contributed by atoms with Gasteiger partial charge in [-0.25, -0.2) is 4.79 Å². The van der Waals surface area contributed by atoms with Crippen LogP contribution in [0.15, 0.2) is 27.4 Å². The number of aromatic amines is 1. The SMILES string of the molecule is O=c1[nH]c2cc(CNCO)ccc2o1. The molecule has 5 nitrogen and oxygen atoms in total. The van der Waals surface area contributed by atoms with Gasteiger partial charge in [0, 0.05) is 6.54 Å². The summed E-state index contributed by atoms with van der Waals surface area (Å²) in [6.07, 6.45) is 0. The van der Waals surface area contributed by atoms with Gasteiger partial charge in [-0.15, -0.1) is 0 Å². The molecule has 0 spiro atoms. The lowest BCUT2D eigenvalue weighted by molar-refractivity contribution is 0.259. The van der Waals surface area contributed by atoms with Crippen LogP contribution in [0.4, 0.5) is 0 Å². The molecule has 0 radical (unpaired) electrons. The van der Waals surface area contributed by atoms with Crippen molar-refractivity contribution in [2.45, 2.75) is 6.54 Å². The third kappa shape index (κ3) is 1.68. The molecule has 0 saturated heterocycles. The molecular formula is C9H10N2O3. The molecule has 0 fully saturated rings. The molecule has 3 N–H and O–H groups in total. The van der Waals surface area contributed by atoms with Crippen molar-refractivity contribution in [2.75, 3.05) is 6.73 Å². The van der Waals surface area contributed by atoms with Gasteiger partial charge in [0.05, 0.1) is 12.2 Å². The van der Waals surface area contributed by atoms with Crippen LogP contribution >= 0.6 is 0 Å². The first-order valence-electron chi connectivity index (χ1n) is 4.23. The number of hydrogen-bond donors (Lipinski definition) is 3. The molecular weight excluding hydrogens is 184 g/mol. The molecule has 14 heavy (non-hydrogen) atoms. The van der Waals surface area contributed by atoms with Crippen molar-refractivity contribution in [3.05, 3.63) is 34.3 Å². The maximum absolute atomic E-state index is 10.8. The molecule has 0 atom stereocenters. The van der Waals surface area contributed by atoms with Crippen molar-refractivity contribution in [1.29, 1.82) is 0 Å². The number of rotatable bonds is 3. The average Bonchev–Trinajstić information content (AvgIpc) is 2.54. The molecule has 1 heterocycles. The fourth-order valence-electron chi connectivity index (χ4n) is 1.31. The minimum atomic E-state index is -0.452. The zero-order valence-corrected chi connectivity index (χ0v) is 7.41. The molecule has 1 aromatic carbocycles. The molecule has 0 saturated carbocycles. The van der Waals surface area contributed by atoms with Crippen LogP contribution in [0, 0.1) is 0 Å². The van der Waals surface area contributed by atoms with Crippen molar-refractivity contribution >= 4 is 11.1 Å². The Morgan fingerprint density at radius 3 is 3.14 bits per heavy atom. The lowest BCUT2D eigenvalue weighted by Crippen LogP contribution is -2.13. The monoisotopic (exact) mass is 194 g/mol. The zero-order chi connectivity index (χ0) is 9.97. The number of oxazole rings is 1. The number of fused-ring (bicyclic) bond motifs is 1. The quantitative estimate of drug-likeness (QED) is 0.608. The van der Waals surface area contributed by atoms with Gasteiger partial charge < -0.3 is 9.52 Å². The molecule has 74 valence electrons. The van der Waals surface area contributed by atoms with Crippen LogP contribution < -0.4 is 11.1 Å². The second-order valence-electron chi connectivity index (χ2n) is 2.93. The number of hydrogen-bond acceptors (Lipinski definition) is 4. The Hall–Kier alpha value is -1.59. The molecule has 0 bridgehead atoms. The summed E-state index contributed by atoms with van der Waals surface area (Å²) < 4.78 is 4.85. The van der Waals surface area contributed by atoms with Crippen LogP contribution in [0.1, 0.15) is 5.56 Å². The van der Waals surface area contributed by atoms with E-state index >= 15 is 0 Å². The van der Waals surface area contributed by atoms with Crippen molar-refractivity contribution in [3.63, 3.8) is 0 Å². The van der Waals surface area contributed by atoms with E-state index < -0.39 is 5.76 Å². The topological polar surface area (TPSA) is 78.3 Å². The molecule has 5 heteroatoms. The Labute approximate surface area is 79.4 Å². The summed E-state index contributed by atoms with van der Waals surface area (Å²) in [6, 6.07) is 5.37. The Balaban J connectivity index is 2.35. The van der Waals surface area contributed by atoms with Crippen molar-refractivity contribution in [2.24, 2.45) is 0 Å². The number of nitrogens with one attached hydrogen (secondary N) is 2. The number of aromatic nitrogens is 1. The summed E-state index contributed by atoms with van der Waals surface area (Å²) in [4.78, 5) is 13.4. The van der Waals surface area contributed by atoms with Crippen LogP contribution in [0.25, 0.3) is 11.1 Å². The number of benzene rings is 1. The van der Waals surface area contributed by atoms with E-state index in [-0.39, 0.29) is 6.73 Å². The highest BCUT2D eigenvalue weighted by molar-refractivity contribution is 5.72. The summed E-state index contributed by atoms with van der Waals surface area (Å²) in [7, 11) is 0. The standard InChI is InChI=1S/C9H10N2O3/c12-5-10-4-6-1-2-8-7(3-6)11-9(13)14-8/h1-3,10,12H,4-5H2,(H,11,13). The Morgan fingerprint density at radius 2 is 2.36 bits per heavy atom. The van der Waals surface area contributed by atoms with E-state index in [1.165, 1.54) is 0 Å². The molecule has 1 aromatic heterocycles. The highest BCUT2D eigenvalue weighted by atomic mass is 16.4. The summed E-state index contributed by atoms with van der Waals surface area (Å²) in [5, 5.41) is 11.3. The highest BCUT2D eigenvalue weighted by Crippen LogP contribution is 2.11. The van der Waals surface area contributed by atoms with E-state index in [4.69, 9.17) is 9.52 Å². The smallest absolute Gasteiger partial charge is 0.408 e. The Kier molecular flexibility index (Phi) is 2.34. The summed E-state index contributed by atoms with van der Waals surface area (Å²) >= 11 is 0. The van der Waals surface area contributed by atoms with E-state index in [0.29, 0.717) is 17.6 Å². The average molecular weight is 194 g/mol. The van der Waals surface area contributed by atoms with Gasteiger partial charge in [0.1, 0.15) is 0 Å². The molecule has 0 aliphatic carbocycles. The van der Waals surface area contributed by atoms with Gasteiger partial charge in [0.25, 0.3) is 0 Å². The molecule has 0 aliphatic heterocycles. The normalized spacial score (nSPS) is 10.9. The fraction of sp³-hybridized carbons (Fsp3) is 0.222. The van der Waals surface area contributed by atoms with Gasteiger partial charge in [-0.2, -0.15) is 0 Å². The van der Waals surface area contributed by atoms with E-state index in [0.717, 1.165) is 5.56 Å². The third-order valence-electron chi connectivity index (χ3n) is 1.92. The lowest BCUT2D eigenvalue weighted by atomic mass is 10.2. The largest absolute Gasteiger partial charge is 0.417 e. The van der Waals surface area contributed by atoms with Gasteiger partial charge in [-0.05, 0) is 17.7 Å². The van der Waals surface area contributed by atoms with Crippen LogP contribution in [0.3, 0.4) is 0 Å². The summed E-state index contributed by atoms with van der Waals surface area (Å²) in [5.74, 6) is -0.452. The first-order chi connectivity index (χ1) is 6.79. The molecule has 2 rings (SSSR count). The molecule has 0 amide bonds. The second kappa shape index (κ2) is 3.65. The van der Waals surface area contributed by atoms with E-state index in [2.05, 4.69) is 10.3 Å². The maximum atomic E-state index is 10.8. The van der Waals surface area contributed by atoms with Crippen LogP contribution in [0.2, 0.25) is 0 Å². The van der Waals surface area contributed by atoms with Gasteiger partial charge in [-0.3, -0.25) is 10.3 Å². The lowest BCUT2D eigenvalue weighted by Gasteiger charge is -2.00. The minimum Gasteiger partial charge on any atom is -0.408 e. The predicted octanol–water partition coefficient (Wildman–Crippen LogP) is 0.160. The highest BCUT2D eigenvalue weighted by Gasteiger charge is 2.01. The van der Waals surface area contributed by atoms with Gasteiger partial charge in [0.2, 0.25) is 0 Å². The summed E-state index contributed by atoms with van der Waals surface area (Å²) in [6.45, 7) is 0.486. The Morgan fingerprint density at radius 1 is 1.50 bits per heavy atom. The first-order valence-corrected chi connectivity index (χ1v) is 4.23. The minimum absolute atomic E-state index is 0.0695. The Bertz CT molecular complexity index is 486. The van der Waals surface area contributed by atoms with Gasteiger partial charge >= 0.3 is 5.76 Å². The first kappa shape index (κ1) is 8.98. The van der Waals surface area contributed by atoms with Crippen LogP contribution in [0.5, 0.6) is 0 Å². The van der Waals surface area contributed by atoms with Gasteiger partial charge in [-0.1, -0.05) is 6.07 Å². The molecule has 0 aliphatic rings. The van der Waals surface area contributed by atoms with E-state index in [1.54, 1.807) is 6.07 Å². The van der Waals surface area contributed by atoms with Gasteiger partial charge in [0.15, 0.2) is 5.58 Å². The van der Waals surface area contributed by atoms with Crippen molar-refractivity contribution < 1.29 is 9.52 Å². The van der Waals surface area contributed by atoms with Crippen molar-refractivity contribution in [1.82, 2.24) is 10.3 Å². The molecule has 0 unspecified atom stereocenters. The second-order valence-corrected chi connectivity index (χ2v) is 2.93. The number of aliphatic hydroxyl groups is 1. The number of aliphatic hydroxyl groups excluding tert-OH is 1.